The second kappa shape index (κ2) is 7.44. The number of carbonyl (C=O) groups excluding carboxylic acids is 2. The average molecular weight is 414 g/mol. The van der Waals surface area contributed by atoms with Gasteiger partial charge < -0.3 is 9.31 Å². The van der Waals surface area contributed by atoms with E-state index in [1.807, 2.05) is 0 Å². The Morgan fingerprint density at radius 3 is 2.63 bits per heavy atom. The Labute approximate surface area is 182 Å². The smallest absolute Gasteiger partial charge is 0.404 e. The van der Waals surface area contributed by atoms with Crippen molar-refractivity contribution in [3.05, 3.63) is 0 Å². The van der Waals surface area contributed by atoms with E-state index >= 15 is 0 Å². The summed E-state index contributed by atoms with van der Waals surface area (Å²) >= 11 is 0. The Morgan fingerprint density at radius 2 is 1.83 bits per heavy atom. The number of ketones is 2. The lowest BCUT2D eigenvalue weighted by Gasteiger charge is -2.61. The lowest BCUT2D eigenvalue weighted by Crippen LogP contribution is -2.63. The van der Waals surface area contributed by atoms with Gasteiger partial charge in [0.15, 0.2) is 5.78 Å². The lowest BCUT2D eigenvalue weighted by molar-refractivity contribution is -0.176. The Morgan fingerprint density at radius 1 is 1.03 bits per heavy atom. The standard InChI is InChI=1S/C25H39BO4/c1-4-5-14-26-29-16-22(28)25(30-26)13-10-21-19-7-6-17-15-18(27)8-11-23(17,2)20(19)9-12-24(21,25)3/h17,19-21H,4-16H2,1-3H3/t17-,19-,20+,21+,23+,24+,25+/m1/s1. The quantitative estimate of drug-likeness (QED) is 0.593. The summed E-state index contributed by atoms with van der Waals surface area (Å²) in [5.74, 6) is 3.23. The van der Waals surface area contributed by atoms with Gasteiger partial charge in [0.05, 0.1) is 6.61 Å². The summed E-state index contributed by atoms with van der Waals surface area (Å²) in [6.07, 6.45) is 12.5. The van der Waals surface area contributed by atoms with Crippen molar-refractivity contribution in [2.24, 2.45) is 34.5 Å². The third-order valence-corrected chi connectivity index (χ3v) is 10.6. The molecule has 30 heavy (non-hydrogen) atoms. The van der Waals surface area contributed by atoms with Gasteiger partial charge in [-0.15, -0.1) is 0 Å². The van der Waals surface area contributed by atoms with Gasteiger partial charge in [-0.05, 0) is 80.4 Å². The second-order valence-electron chi connectivity index (χ2n) is 11.6. The lowest BCUT2D eigenvalue weighted by atomic mass is 9.44. The third-order valence-electron chi connectivity index (χ3n) is 10.6. The Kier molecular flexibility index (Phi) is 5.25. The Balaban J connectivity index is 1.41. The molecule has 5 heteroatoms. The summed E-state index contributed by atoms with van der Waals surface area (Å²) in [6, 6.07) is 0. The topological polar surface area (TPSA) is 52.6 Å². The van der Waals surface area contributed by atoms with E-state index in [0.29, 0.717) is 34.9 Å². The van der Waals surface area contributed by atoms with Crippen molar-refractivity contribution in [2.45, 2.75) is 103 Å². The molecule has 5 rings (SSSR count). The summed E-state index contributed by atoms with van der Waals surface area (Å²) in [6.45, 7) is 7.28. The largest absolute Gasteiger partial charge is 0.457 e. The fraction of sp³-hybridized carbons (Fsp3) is 0.920. The Bertz CT molecular complexity index is 724. The monoisotopic (exact) mass is 414 g/mol. The van der Waals surface area contributed by atoms with Gasteiger partial charge in [-0.25, -0.2) is 0 Å². The number of carbonyl (C=O) groups is 2. The first-order valence-electron chi connectivity index (χ1n) is 12.7. The van der Waals surface area contributed by atoms with Crippen LogP contribution >= 0.6 is 0 Å². The molecule has 166 valence electrons. The maximum Gasteiger partial charge on any atom is 0.457 e. The first kappa shape index (κ1) is 21.2. The van der Waals surface area contributed by atoms with Gasteiger partial charge in [0.1, 0.15) is 11.4 Å². The van der Waals surface area contributed by atoms with Crippen molar-refractivity contribution in [3.63, 3.8) is 0 Å². The first-order valence-corrected chi connectivity index (χ1v) is 12.7. The molecule has 4 nitrogen and oxygen atoms in total. The predicted molar refractivity (Wildman–Crippen MR) is 117 cm³/mol. The molecule has 0 unspecified atom stereocenters. The van der Waals surface area contributed by atoms with E-state index < -0.39 is 5.60 Å². The van der Waals surface area contributed by atoms with E-state index in [1.165, 1.54) is 19.3 Å². The fourth-order valence-electron chi connectivity index (χ4n) is 8.82. The number of unbranched alkanes of at least 4 members (excludes halogenated alkanes) is 1. The van der Waals surface area contributed by atoms with Crippen molar-refractivity contribution < 1.29 is 18.9 Å². The van der Waals surface area contributed by atoms with E-state index in [9.17, 15) is 9.59 Å². The molecule has 5 fully saturated rings. The van der Waals surface area contributed by atoms with Gasteiger partial charge in [-0.1, -0.05) is 33.6 Å². The maximum absolute atomic E-state index is 13.3. The maximum atomic E-state index is 13.3. The molecule has 5 aliphatic rings. The molecule has 1 spiro atoms. The average Bonchev–Trinajstić information content (AvgIpc) is 3.02. The molecule has 0 bridgehead atoms. The van der Waals surface area contributed by atoms with Gasteiger partial charge in [-0.2, -0.15) is 0 Å². The summed E-state index contributed by atoms with van der Waals surface area (Å²) in [4.78, 5) is 25.4. The number of hydrogen-bond acceptors (Lipinski definition) is 4. The van der Waals surface area contributed by atoms with Crippen LogP contribution in [0.1, 0.15) is 91.4 Å². The summed E-state index contributed by atoms with van der Waals surface area (Å²) < 4.78 is 12.4. The molecule has 4 saturated carbocycles. The zero-order valence-corrected chi connectivity index (χ0v) is 19.2. The van der Waals surface area contributed by atoms with Crippen molar-refractivity contribution in [1.82, 2.24) is 0 Å². The van der Waals surface area contributed by atoms with E-state index in [1.54, 1.807) is 0 Å². The van der Waals surface area contributed by atoms with E-state index in [4.69, 9.17) is 9.31 Å². The molecule has 1 heterocycles. The van der Waals surface area contributed by atoms with Crippen LogP contribution in [0.2, 0.25) is 6.32 Å². The predicted octanol–water partition coefficient (Wildman–Crippen LogP) is 5.24. The van der Waals surface area contributed by atoms with Crippen LogP contribution in [0.25, 0.3) is 0 Å². The first-order chi connectivity index (χ1) is 14.3. The van der Waals surface area contributed by atoms with Crippen LogP contribution in [0.5, 0.6) is 0 Å². The molecule has 0 aromatic carbocycles. The number of rotatable bonds is 3. The molecule has 0 radical (unpaired) electrons. The van der Waals surface area contributed by atoms with Crippen molar-refractivity contribution in [1.29, 1.82) is 0 Å². The molecule has 0 amide bonds. The minimum atomic E-state index is -0.625. The van der Waals surface area contributed by atoms with Crippen LogP contribution in [0.15, 0.2) is 0 Å². The summed E-state index contributed by atoms with van der Waals surface area (Å²) in [5.41, 5.74) is -0.370. The molecular weight excluding hydrogens is 375 g/mol. The second-order valence-corrected chi connectivity index (χ2v) is 11.6. The molecule has 0 aromatic rings. The highest BCUT2D eigenvalue weighted by atomic mass is 16.6. The Hall–Kier alpha value is -0.675. The van der Waals surface area contributed by atoms with Crippen LogP contribution in [0.3, 0.4) is 0 Å². The van der Waals surface area contributed by atoms with E-state index in [-0.39, 0.29) is 24.9 Å². The van der Waals surface area contributed by atoms with Crippen molar-refractivity contribution in [2.75, 3.05) is 6.61 Å². The summed E-state index contributed by atoms with van der Waals surface area (Å²) in [7, 11) is -0.214. The zero-order chi connectivity index (χ0) is 21.1. The van der Waals surface area contributed by atoms with Crippen LogP contribution in [-0.4, -0.2) is 30.9 Å². The van der Waals surface area contributed by atoms with Crippen molar-refractivity contribution in [3.8, 4) is 0 Å². The minimum Gasteiger partial charge on any atom is -0.404 e. The molecule has 7 atom stereocenters. The molecule has 0 aromatic heterocycles. The minimum absolute atomic E-state index is 0.0623. The molecule has 0 N–H and O–H groups in total. The fourth-order valence-corrected chi connectivity index (χ4v) is 8.82. The van der Waals surface area contributed by atoms with Gasteiger partial charge >= 0.3 is 7.12 Å². The molecule has 1 aliphatic heterocycles. The van der Waals surface area contributed by atoms with Gasteiger partial charge in [-0.3, -0.25) is 9.59 Å². The highest BCUT2D eigenvalue weighted by molar-refractivity contribution is 6.46. The van der Waals surface area contributed by atoms with Crippen LogP contribution in [0.4, 0.5) is 0 Å². The molecule has 1 saturated heterocycles. The van der Waals surface area contributed by atoms with Gasteiger partial charge in [0, 0.05) is 18.3 Å². The van der Waals surface area contributed by atoms with Crippen molar-refractivity contribution >= 4 is 18.7 Å². The van der Waals surface area contributed by atoms with Gasteiger partial charge in [0.2, 0.25) is 0 Å². The SMILES string of the molecule is CCCCB1OCC(=O)[C@]2(CC[C@H]3[C@@H]4CC[C@@H]5CC(=O)CC[C@]5(C)[C@H]4CC[C@@]32C)O1. The van der Waals surface area contributed by atoms with E-state index in [0.717, 1.165) is 57.7 Å². The van der Waals surface area contributed by atoms with Crippen LogP contribution in [0, 0.1) is 34.5 Å². The third kappa shape index (κ3) is 2.86. The molecular formula is C25H39BO4. The highest BCUT2D eigenvalue weighted by Gasteiger charge is 2.69. The highest BCUT2D eigenvalue weighted by Crippen LogP contribution is 2.69. The normalized spacial score (nSPS) is 48.4. The molecule has 4 aliphatic carbocycles. The summed E-state index contributed by atoms with van der Waals surface area (Å²) in [5, 5.41) is 0. The number of hydrogen-bond donors (Lipinski definition) is 0. The zero-order valence-electron chi connectivity index (χ0n) is 19.2. The number of fused-ring (bicyclic) bond motifs is 6. The van der Waals surface area contributed by atoms with E-state index in [2.05, 4.69) is 20.8 Å². The van der Waals surface area contributed by atoms with Crippen LogP contribution in [-0.2, 0) is 18.9 Å². The number of Topliss-reactive ketones (excluding diaryl/α,β-unsaturated/α-hetero) is 2. The van der Waals surface area contributed by atoms with Gasteiger partial charge in [0.25, 0.3) is 0 Å². The van der Waals surface area contributed by atoms with Crippen LogP contribution < -0.4 is 0 Å².